The summed E-state index contributed by atoms with van der Waals surface area (Å²) in [7, 11) is 0. The quantitative estimate of drug-likeness (QED) is 0.413. The minimum absolute atomic E-state index is 0.312. The fourth-order valence-corrected chi connectivity index (χ4v) is 4.86. The van der Waals surface area contributed by atoms with Crippen LogP contribution in [0.15, 0.2) is 35.9 Å². The number of aryl methyl sites for hydroxylation is 1. The normalized spacial score (nSPS) is 21.5. The van der Waals surface area contributed by atoms with Gasteiger partial charge in [0.1, 0.15) is 0 Å². The Morgan fingerprint density at radius 1 is 0.917 bits per heavy atom. The lowest BCUT2D eigenvalue weighted by Gasteiger charge is -2.34. The average molecular weight is 323 g/mol. The van der Waals surface area contributed by atoms with Crippen LogP contribution >= 0.6 is 0 Å². The Hall–Kier alpha value is -1.30. The number of rotatable bonds is 9. The van der Waals surface area contributed by atoms with Crippen LogP contribution in [0.5, 0.6) is 0 Å². The summed E-state index contributed by atoms with van der Waals surface area (Å²) in [6.07, 6.45) is 18.2. The molecule has 0 saturated heterocycles. The molecular formula is C24H34. The van der Waals surface area contributed by atoms with Crippen molar-refractivity contribution < 1.29 is 0 Å². The number of benzene rings is 1. The number of fused-ring (bicyclic) bond motifs is 2. The second-order valence-corrected chi connectivity index (χ2v) is 7.90. The predicted octanol–water partition coefficient (Wildman–Crippen LogP) is 7.51. The molecule has 0 nitrogen and oxygen atoms in total. The number of hydrogen-bond acceptors (Lipinski definition) is 0. The second-order valence-electron chi connectivity index (χ2n) is 7.90. The van der Waals surface area contributed by atoms with Crippen molar-refractivity contribution in [2.45, 2.75) is 90.4 Å². The van der Waals surface area contributed by atoms with Crippen molar-refractivity contribution in [1.29, 1.82) is 0 Å². The van der Waals surface area contributed by atoms with Gasteiger partial charge in [0.15, 0.2) is 0 Å². The van der Waals surface area contributed by atoms with E-state index in [1.54, 1.807) is 22.3 Å². The van der Waals surface area contributed by atoms with Gasteiger partial charge < -0.3 is 0 Å². The number of allylic oxidation sites excluding steroid dienone is 4. The minimum Gasteiger partial charge on any atom is -0.0798 e. The highest BCUT2D eigenvalue weighted by Crippen LogP contribution is 2.55. The summed E-state index contributed by atoms with van der Waals surface area (Å²) in [5.41, 5.74) is 8.27. The van der Waals surface area contributed by atoms with Gasteiger partial charge in [0, 0.05) is 5.41 Å². The summed E-state index contributed by atoms with van der Waals surface area (Å²) in [6, 6.07) is 7.22. The molecule has 0 saturated carbocycles. The lowest BCUT2D eigenvalue weighted by molar-refractivity contribution is 0.400. The first-order valence-corrected chi connectivity index (χ1v) is 10.2. The van der Waals surface area contributed by atoms with Crippen molar-refractivity contribution >= 4 is 5.57 Å². The molecule has 0 heterocycles. The molecule has 0 amide bonds. The molecule has 1 aromatic rings. The van der Waals surface area contributed by atoms with E-state index in [2.05, 4.69) is 51.1 Å². The summed E-state index contributed by atoms with van der Waals surface area (Å²) >= 11 is 0. The minimum atomic E-state index is 0.312. The highest BCUT2D eigenvalue weighted by atomic mass is 14.5. The van der Waals surface area contributed by atoms with Crippen molar-refractivity contribution in [3.05, 3.63) is 52.6 Å². The first-order valence-electron chi connectivity index (χ1n) is 10.2. The van der Waals surface area contributed by atoms with E-state index >= 15 is 0 Å². The Bertz CT molecular complexity index is 631. The van der Waals surface area contributed by atoms with Crippen molar-refractivity contribution in [3.63, 3.8) is 0 Å². The Morgan fingerprint density at radius 3 is 2.38 bits per heavy atom. The Balaban J connectivity index is 1.95. The molecule has 0 aromatic heterocycles. The van der Waals surface area contributed by atoms with E-state index in [0.29, 0.717) is 5.41 Å². The van der Waals surface area contributed by atoms with Crippen molar-refractivity contribution in [3.8, 4) is 0 Å². The molecule has 2 aliphatic rings. The molecule has 1 atom stereocenters. The van der Waals surface area contributed by atoms with Gasteiger partial charge in [-0.25, -0.2) is 0 Å². The molecule has 0 spiro atoms. The third-order valence-electron chi connectivity index (χ3n) is 6.13. The van der Waals surface area contributed by atoms with Crippen LogP contribution in [-0.2, 0) is 5.41 Å². The summed E-state index contributed by atoms with van der Waals surface area (Å²) in [6.45, 7) is 6.89. The van der Waals surface area contributed by atoms with Gasteiger partial charge in [-0.2, -0.15) is 0 Å². The van der Waals surface area contributed by atoms with Gasteiger partial charge >= 0.3 is 0 Å². The highest BCUT2D eigenvalue weighted by molar-refractivity contribution is 5.85. The maximum absolute atomic E-state index is 2.51. The molecule has 24 heavy (non-hydrogen) atoms. The van der Waals surface area contributed by atoms with Gasteiger partial charge in [-0.15, -0.1) is 0 Å². The van der Waals surface area contributed by atoms with Crippen LogP contribution in [0.1, 0.15) is 94.7 Å². The van der Waals surface area contributed by atoms with E-state index in [1.165, 1.54) is 63.4 Å². The van der Waals surface area contributed by atoms with Crippen molar-refractivity contribution in [1.82, 2.24) is 0 Å². The second kappa shape index (κ2) is 7.72. The topological polar surface area (TPSA) is 0 Å². The lowest BCUT2D eigenvalue weighted by Crippen LogP contribution is -2.26. The lowest BCUT2D eigenvalue weighted by atomic mass is 9.69. The van der Waals surface area contributed by atoms with E-state index in [1.807, 2.05) is 0 Å². The Kier molecular flexibility index (Phi) is 5.64. The third kappa shape index (κ3) is 3.13. The van der Waals surface area contributed by atoms with Crippen LogP contribution in [0.4, 0.5) is 0 Å². The monoisotopic (exact) mass is 322 g/mol. The van der Waals surface area contributed by atoms with Gasteiger partial charge in [-0.3, -0.25) is 0 Å². The highest BCUT2D eigenvalue weighted by Gasteiger charge is 2.43. The van der Waals surface area contributed by atoms with Crippen LogP contribution in [-0.4, -0.2) is 0 Å². The summed E-state index contributed by atoms with van der Waals surface area (Å²) in [5, 5.41) is 0. The zero-order valence-electron chi connectivity index (χ0n) is 16.0. The summed E-state index contributed by atoms with van der Waals surface area (Å²) in [5.74, 6) is 0. The number of unbranched alkanes of at least 4 members (excludes halogenated alkanes) is 5. The molecule has 0 N–H and O–H groups in total. The standard InChI is InChI=1S/C24H34/c1-4-6-8-10-17-24(16-9-7-5-2)22-13-11-12-20(22)21-15-14-19(3)18-23(21)24/h11,13-15,18H,4-10,12,16-17H2,1-3H3. The molecule has 1 unspecified atom stereocenters. The molecule has 0 aliphatic heterocycles. The largest absolute Gasteiger partial charge is 0.0798 e. The first-order chi connectivity index (χ1) is 11.7. The molecule has 0 fully saturated rings. The van der Waals surface area contributed by atoms with Crippen LogP contribution < -0.4 is 0 Å². The van der Waals surface area contributed by atoms with Gasteiger partial charge in [0.25, 0.3) is 0 Å². The fraction of sp³-hybridized carbons (Fsp3) is 0.583. The molecule has 0 bridgehead atoms. The van der Waals surface area contributed by atoms with E-state index in [4.69, 9.17) is 0 Å². The third-order valence-corrected chi connectivity index (χ3v) is 6.13. The van der Waals surface area contributed by atoms with Crippen molar-refractivity contribution in [2.24, 2.45) is 0 Å². The van der Waals surface area contributed by atoms with E-state index in [9.17, 15) is 0 Å². The van der Waals surface area contributed by atoms with E-state index < -0.39 is 0 Å². The van der Waals surface area contributed by atoms with Gasteiger partial charge in [0.05, 0.1) is 0 Å². The Morgan fingerprint density at radius 2 is 1.62 bits per heavy atom. The molecule has 3 rings (SSSR count). The molecule has 130 valence electrons. The molecule has 2 aliphatic carbocycles. The van der Waals surface area contributed by atoms with Crippen LogP contribution in [0.3, 0.4) is 0 Å². The zero-order valence-corrected chi connectivity index (χ0v) is 16.0. The molecular weight excluding hydrogens is 288 g/mol. The molecule has 0 heteroatoms. The van der Waals surface area contributed by atoms with Gasteiger partial charge in [-0.05, 0) is 48.5 Å². The maximum atomic E-state index is 2.51. The maximum Gasteiger partial charge on any atom is 0.0212 e. The van der Waals surface area contributed by atoms with Crippen LogP contribution in [0.2, 0.25) is 0 Å². The average Bonchev–Trinajstić information content (AvgIpc) is 3.14. The fourth-order valence-electron chi connectivity index (χ4n) is 4.86. The smallest absolute Gasteiger partial charge is 0.0212 e. The summed E-state index contributed by atoms with van der Waals surface area (Å²) < 4.78 is 0. The molecule has 0 radical (unpaired) electrons. The van der Waals surface area contributed by atoms with Gasteiger partial charge in [0.2, 0.25) is 0 Å². The van der Waals surface area contributed by atoms with Gasteiger partial charge in [-0.1, -0.05) is 94.7 Å². The van der Waals surface area contributed by atoms with Crippen LogP contribution in [0, 0.1) is 6.92 Å². The first kappa shape index (κ1) is 17.5. The summed E-state index contributed by atoms with van der Waals surface area (Å²) in [4.78, 5) is 0. The Labute approximate surface area is 149 Å². The van der Waals surface area contributed by atoms with E-state index in [0.717, 1.165) is 6.42 Å². The van der Waals surface area contributed by atoms with E-state index in [-0.39, 0.29) is 0 Å². The predicted molar refractivity (Wildman–Crippen MR) is 106 cm³/mol. The number of hydrogen-bond donors (Lipinski definition) is 0. The zero-order chi connectivity index (χ0) is 17.0. The SMILES string of the molecule is CCCCCCC1(CCCCC)C2=C(CC=C2)c2ccc(C)cc21. The van der Waals surface area contributed by atoms with Crippen molar-refractivity contribution in [2.75, 3.05) is 0 Å². The van der Waals surface area contributed by atoms with Crippen LogP contribution in [0.25, 0.3) is 5.57 Å². The molecule has 1 aromatic carbocycles.